The van der Waals surface area contributed by atoms with E-state index in [2.05, 4.69) is 39.0 Å². The molecular weight excluding hydrogens is 236 g/mol. The molecule has 0 unspecified atom stereocenters. The van der Waals surface area contributed by atoms with Gasteiger partial charge in [0, 0.05) is 6.61 Å². The summed E-state index contributed by atoms with van der Waals surface area (Å²) in [4.78, 5) is 0. The molecule has 1 nitrogen and oxygen atoms in total. The zero-order valence-corrected chi connectivity index (χ0v) is 13.5. The fourth-order valence-corrected chi connectivity index (χ4v) is 7.49. The van der Waals surface area contributed by atoms with Crippen LogP contribution in [0.15, 0.2) is 23.8 Å². The van der Waals surface area contributed by atoms with Crippen molar-refractivity contribution in [2.75, 3.05) is 6.61 Å². The van der Waals surface area contributed by atoms with E-state index >= 15 is 0 Å². The second-order valence-electron chi connectivity index (χ2n) is 5.49. The minimum absolute atomic E-state index is 0.958. The maximum Gasteiger partial charge on any atom is 0.192 e. The molecular formula is C16H30OSi. The van der Waals surface area contributed by atoms with E-state index < -0.39 is 8.32 Å². The highest BCUT2D eigenvalue weighted by atomic mass is 28.4. The molecule has 0 saturated heterocycles. The molecule has 0 heterocycles. The Hall–Kier alpha value is -0.343. The first-order valence-electron chi connectivity index (χ1n) is 7.75. The fraction of sp³-hybridized carbons (Fsp3) is 0.750. The third-order valence-electron chi connectivity index (χ3n) is 3.80. The first-order chi connectivity index (χ1) is 8.76. The van der Waals surface area contributed by atoms with Crippen molar-refractivity contribution in [3.8, 4) is 0 Å². The molecule has 0 fully saturated rings. The van der Waals surface area contributed by atoms with Crippen molar-refractivity contribution in [2.24, 2.45) is 0 Å². The van der Waals surface area contributed by atoms with Crippen molar-refractivity contribution in [1.82, 2.24) is 0 Å². The summed E-state index contributed by atoms with van der Waals surface area (Å²) in [6, 6.07) is 4.06. The monoisotopic (exact) mass is 266 g/mol. The first-order valence-corrected chi connectivity index (χ1v) is 10.3. The second kappa shape index (κ2) is 8.71. The SMILES string of the molecule is CCC[Si](CCC)(CCC)OCCC1=CC=CC1. The summed E-state index contributed by atoms with van der Waals surface area (Å²) >= 11 is 0. The maximum atomic E-state index is 6.48. The minimum Gasteiger partial charge on any atom is -0.416 e. The number of hydrogen-bond donors (Lipinski definition) is 0. The van der Waals surface area contributed by atoms with Gasteiger partial charge in [0.2, 0.25) is 0 Å². The van der Waals surface area contributed by atoms with Gasteiger partial charge in [-0.25, -0.2) is 0 Å². The summed E-state index contributed by atoms with van der Waals surface area (Å²) in [6.07, 6.45) is 12.8. The second-order valence-corrected chi connectivity index (χ2v) is 9.64. The van der Waals surface area contributed by atoms with Gasteiger partial charge in [-0.15, -0.1) is 0 Å². The maximum absolute atomic E-state index is 6.48. The molecule has 0 spiro atoms. The average molecular weight is 267 g/mol. The van der Waals surface area contributed by atoms with Crippen LogP contribution >= 0.6 is 0 Å². The summed E-state index contributed by atoms with van der Waals surface area (Å²) < 4.78 is 6.48. The average Bonchev–Trinajstić information content (AvgIpc) is 2.83. The van der Waals surface area contributed by atoms with E-state index in [0.29, 0.717) is 0 Å². The lowest BCUT2D eigenvalue weighted by Crippen LogP contribution is -2.38. The zero-order valence-electron chi connectivity index (χ0n) is 12.5. The van der Waals surface area contributed by atoms with Crippen molar-refractivity contribution in [2.45, 2.75) is 71.0 Å². The van der Waals surface area contributed by atoms with Gasteiger partial charge in [0.15, 0.2) is 8.32 Å². The lowest BCUT2D eigenvalue weighted by Gasteiger charge is -2.31. The van der Waals surface area contributed by atoms with Crippen LogP contribution in [0.2, 0.25) is 18.1 Å². The first kappa shape index (κ1) is 15.7. The molecule has 18 heavy (non-hydrogen) atoms. The molecule has 0 aliphatic heterocycles. The van der Waals surface area contributed by atoms with E-state index in [1.807, 2.05) is 0 Å². The van der Waals surface area contributed by atoms with Crippen LogP contribution in [0.4, 0.5) is 0 Å². The largest absolute Gasteiger partial charge is 0.416 e. The Balaban J connectivity index is 2.42. The molecule has 104 valence electrons. The van der Waals surface area contributed by atoms with Crippen molar-refractivity contribution < 1.29 is 4.43 Å². The van der Waals surface area contributed by atoms with E-state index in [1.165, 1.54) is 37.4 Å². The predicted molar refractivity (Wildman–Crippen MR) is 83.5 cm³/mol. The molecule has 2 heteroatoms. The highest BCUT2D eigenvalue weighted by Crippen LogP contribution is 2.28. The molecule has 0 aromatic rings. The lowest BCUT2D eigenvalue weighted by atomic mass is 10.2. The molecule has 0 N–H and O–H groups in total. The van der Waals surface area contributed by atoms with Gasteiger partial charge < -0.3 is 4.43 Å². The van der Waals surface area contributed by atoms with Crippen LogP contribution in [0.25, 0.3) is 0 Å². The molecule has 0 saturated carbocycles. The van der Waals surface area contributed by atoms with E-state index in [9.17, 15) is 0 Å². The van der Waals surface area contributed by atoms with Gasteiger partial charge in [-0.05, 0) is 31.0 Å². The summed E-state index contributed by atoms with van der Waals surface area (Å²) in [5, 5.41) is 0. The van der Waals surface area contributed by atoms with Gasteiger partial charge in [-0.2, -0.15) is 0 Å². The van der Waals surface area contributed by atoms with Gasteiger partial charge in [-0.1, -0.05) is 63.8 Å². The molecule has 0 radical (unpaired) electrons. The molecule has 0 amide bonds. The zero-order chi connectivity index (χ0) is 13.3. The van der Waals surface area contributed by atoms with Crippen molar-refractivity contribution in [3.63, 3.8) is 0 Å². The molecule has 0 bridgehead atoms. The fourth-order valence-electron chi connectivity index (χ4n) is 3.03. The van der Waals surface area contributed by atoms with Crippen LogP contribution in [-0.4, -0.2) is 14.9 Å². The third-order valence-corrected chi connectivity index (χ3v) is 8.85. The highest BCUT2D eigenvalue weighted by Gasteiger charge is 2.31. The summed E-state index contributed by atoms with van der Waals surface area (Å²) in [6.45, 7) is 7.87. The molecule has 1 aliphatic rings. The van der Waals surface area contributed by atoms with E-state index in [4.69, 9.17) is 4.43 Å². The molecule has 1 rings (SSSR count). The van der Waals surface area contributed by atoms with Gasteiger partial charge in [0.25, 0.3) is 0 Å². The Morgan fingerprint density at radius 1 is 1.06 bits per heavy atom. The Morgan fingerprint density at radius 2 is 1.67 bits per heavy atom. The number of hydrogen-bond acceptors (Lipinski definition) is 1. The summed E-state index contributed by atoms with van der Waals surface area (Å²) in [5.74, 6) is 0. The smallest absolute Gasteiger partial charge is 0.192 e. The Bertz CT molecular complexity index is 264. The van der Waals surface area contributed by atoms with Crippen LogP contribution in [0.3, 0.4) is 0 Å². The Morgan fingerprint density at radius 3 is 2.11 bits per heavy atom. The predicted octanol–water partition coefficient (Wildman–Crippen LogP) is 5.45. The van der Waals surface area contributed by atoms with E-state index in [-0.39, 0.29) is 0 Å². The van der Waals surface area contributed by atoms with Crippen LogP contribution in [0.1, 0.15) is 52.9 Å². The molecule has 0 aromatic carbocycles. The lowest BCUT2D eigenvalue weighted by molar-refractivity contribution is 0.298. The van der Waals surface area contributed by atoms with Crippen LogP contribution in [0.5, 0.6) is 0 Å². The van der Waals surface area contributed by atoms with Gasteiger partial charge >= 0.3 is 0 Å². The number of rotatable bonds is 10. The Labute approximate surface area is 114 Å². The van der Waals surface area contributed by atoms with Crippen molar-refractivity contribution in [3.05, 3.63) is 23.8 Å². The quantitative estimate of drug-likeness (QED) is 0.477. The summed E-state index contributed by atoms with van der Waals surface area (Å²) in [5.41, 5.74) is 1.54. The molecule has 1 aliphatic carbocycles. The van der Waals surface area contributed by atoms with Crippen LogP contribution in [-0.2, 0) is 4.43 Å². The van der Waals surface area contributed by atoms with Crippen LogP contribution in [0, 0.1) is 0 Å². The normalized spacial score (nSPS) is 15.2. The molecule has 0 atom stereocenters. The number of allylic oxidation sites excluding steroid dienone is 3. The standard InChI is InChI=1S/C16H30OSi/c1-4-13-18(14-5-2,15-6-3)17-12-11-16-9-7-8-10-16/h7-9H,4-6,10-15H2,1-3H3. The minimum atomic E-state index is -1.42. The highest BCUT2D eigenvalue weighted by molar-refractivity contribution is 6.73. The van der Waals surface area contributed by atoms with Crippen molar-refractivity contribution in [1.29, 1.82) is 0 Å². The van der Waals surface area contributed by atoms with E-state index in [0.717, 1.165) is 19.4 Å². The Kier molecular flexibility index (Phi) is 7.60. The van der Waals surface area contributed by atoms with Crippen LogP contribution < -0.4 is 0 Å². The van der Waals surface area contributed by atoms with Gasteiger partial charge in [0.05, 0.1) is 0 Å². The van der Waals surface area contributed by atoms with Gasteiger partial charge in [0.1, 0.15) is 0 Å². The molecule has 0 aromatic heterocycles. The topological polar surface area (TPSA) is 9.23 Å². The van der Waals surface area contributed by atoms with E-state index in [1.54, 1.807) is 5.57 Å². The summed E-state index contributed by atoms with van der Waals surface area (Å²) in [7, 11) is -1.42. The third kappa shape index (κ3) is 5.11. The van der Waals surface area contributed by atoms with Crippen molar-refractivity contribution >= 4 is 8.32 Å². The van der Waals surface area contributed by atoms with Gasteiger partial charge in [-0.3, -0.25) is 0 Å².